The molecule has 0 heterocycles. The Labute approximate surface area is 68.0 Å². The highest BCUT2D eigenvalue weighted by molar-refractivity contribution is 5.73. The van der Waals surface area contributed by atoms with Crippen LogP contribution in [-0.4, -0.2) is 35.6 Å². The third kappa shape index (κ3) is 3.37. The van der Waals surface area contributed by atoms with E-state index in [0.29, 0.717) is 0 Å². The highest BCUT2D eigenvalue weighted by Gasteiger charge is 2.19. The van der Waals surface area contributed by atoms with Crippen LogP contribution in [0, 0.1) is 0 Å². The van der Waals surface area contributed by atoms with Gasteiger partial charge < -0.3 is 5.11 Å². The van der Waals surface area contributed by atoms with Crippen molar-refractivity contribution in [2.75, 3.05) is 13.6 Å². The van der Waals surface area contributed by atoms with Gasteiger partial charge in [0, 0.05) is 0 Å². The van der Waals surface area contributed by atoms with Crippen molar-refractivity contribution in [3.8, 4) is 0 Å². The molecule has 0 aliphatic rings. The van der Waals surface area contributed by atoms with E-state index in [-0.39, 0.29) is 6.04 Å². The zero-order chi connectivity index (χ0) is 8.85. The van der Waals surface area contributed by atoms with Gasteiger partial charge in [-0.05, 0) is 20.0 Å². The highest BCUT2D eigenvalue weighted by Crippen LogP contribution is 2.04. The van der Waals surface area contributed by atoms with Crippen LogP contribution < -0.4 is 0 Å². The van der Waals surface area contributed by atoms with Gasteiger partial charge in [0.15, 0.2) is 0 Å². The minimum absolute atomic E-state index is 0.301. The van der Waals surface area contributed by atoms with Crippen molar-refractivity contribution in [3.63, 3.8) is 0 Å². The van der Waals surface area contributed by atoms with E-state index in [4.69, 9.17) is 5.11 Å². The predicted molar refractivity (Wildman–Crippen MR) is 44.6 cm³/mol. The summed E-state index contributed by atoms with van der Waals surface area (Å²) < 4.78 is 0. The predicted octanol–water partition coefficient (Wildman–Crippen LogP) is 1.19. The molecule has 0 aliphatic heterocycles. The van der Waals surface area contributed by atoms with Crippen LogP contribution in [0.15, 0.2) is 0 Å². The zero-order valence-electron chi connectivity index (χ0n) is 7.50. The Hall–Kier alpha value is -0.570. The monoisotopic (exact) mass is 159 g/mol. The first-order valence-electron chi connectivity index (χ1n) is 4.06. The van der Waals surface area contributed by atoms with Crippen LogP contribution in [-0.2, 0) is 4.79 Å². The molecule has 0 aromatic heterocycles. The number of hydrogen-bond acceptors (Lipinski definition) is 2. The van der Waals surface area contributed by atoms with E-state index in [1.807, 2.05) is 25.8 Å². The third-order valence-electron chi connectivity index (χ3n) is 1.88. The number of carboxylic acid groups (broad SMARTS) is 1. The largest absolute Gasteiger partial charge is 0.480 e. The molecule has 11 heavy (non-hydrogen) atoms. The maximum absolute atomic E-state index is 10.6. The molecule has 0 spiro atoms. The van der Waals surface area contributed by atoms with Crippen LogP contribution in [0.3, 0.4) is 0 Å². The van der Waals surface area contributed by atoms with E-state index >= 15 is 0 Å². The fourth-order valence-electron chi connectivity index (χ4n) is 1.03. The van der Waals surface area contributed by atoms with Crippen molar-refractivity contribution in [1.29, 1.82) is 0 Å². The van der Waals surface area contributed by atoms with E-state index in [1.54, 1.807) is 0 Å². The minimum atomic E-state index is -0.712. The molecule has 1 unspecified atom stereocenters. The lowest BCUT2D eigenvalue weighted by Crippen LogP contribution is -2.38. The SMILES string of the molecule is CCCC(C(=O)O)N(C)CC. The second-order valence-corrected chi connectivity index (χ2v) is 2.72. The Kier molecular flexibility index (Phi) is 4.86. The van der Waals surface area contributed by atoms with E-state index < -0.39 is 5.97 Å². The molecule has 0 fully saturated rings. The maximum Gasteiger partial charge on any atom is 0.320 e. The number of carbonyl (C=O) groups is 1. The summed E-state index contributed by atoms with van der Waals surface area (Å²) in [6, 6.07) is -0.301. The Morgan fingerprint density at radius 1 is 1.55 bits per heavy atom. The van der Waals surface area contributed by atoms with Gasteiger partial charge in [0.05, 0.1) is 0 Å². The van der Waals surface area contributed by atoms with Crippen molar-refractivity contribution < 1.29 is 9.90 Å². The highest BCUT2D eigenvalue weighted by atomic mass is 16.4. The molecule has 0 amide bonds. The lowest BCUT2D eigenvalue weighted by atomic mass is 10.1. The number of carboxylic acids is 1. The van der Waals surface area contributed by atoms with Gasteiger partial charge in [0.1, 0.15) is 6.04 Å². The van der Waals surface area contributed by atoms with Crippen molar-refractivity contribution in [3.05, 3.63) is 0 Å². The first kappa shape index (κ1) is 10.4. The molecular formula is C8H17NO2. The summed E-state index contributed by atoms with van der Waals surface area (Å²) in [5.41, 5.74) is 0. The van der Waals surface area contributed by atoms with Crippen molar-refractivity contribution in [1.82, 2.24) is 4.90 Å². The van der Waals surface area contributed by atoms with E-state index in [1.165, 1.54) is 0 Å². The molecule has 0 saturated heterocycles. The van der Waals surface area contributed by atoms with Crippen molar-refractivity contribution in [2.24, 2.45) is 0 Å². The average Bonchev–Trinajstić information content (AvgIpc) is 1.98. The smallest absolute Gasteiger partial charge is 0.320 e. The van der Waals surface area contributed by atoms with E-state index in [0.717, 1.165) is 19.4 Å². The van der Waals surface area contributed by atoms with Crippen LogP contribution in [0.2, 0.25) is 0 Å². The van der Waals surface area contributed by atoms with Gasteiger partial charge in [-0.2, -0.15) is 0 Å². The molecule has 0 bridgehead atoms. The zero-order valence-corrected chi connectivity index (χ0v) is 7.50. The first-order valence-corrected chi connectivity index (χ1v) is 4.06. The first-order chi connectivity index (χ1) is 5.13. The molecule has 3 heteroatoms. The van der Waals surface area contributed by atoms with Crippen LogP contribution in [0.25, 0.3) is 0 Å². The standard InChI is InChI=1S/C8H17NO2/c1-4-6-7(8(10)11)9(3)5-2/h7H,4-6H2,1-3H3,(H,10,11). The second kappa shape index (κ2) is 5.13. The summed E-state index contributed by atoms with van der Waals surface area (Å²) >= 11 is 0. The van der Waals surface area contributed by atoms with E-state index in [2.05, 4.69) is 0 Å². The normalized spacial score (nSPS) is 13.5. The number of aliphatic carboxylic acids is 1. The molecule has 1 N–H and O–H groups in total. The van der Waals surface area contributed by atoms with E-state index in [9.17, 15) is 4.79 Å². The van der Waals surface area contributed by atoms with Crippen LogP contribution in [0.4, 0.5) is 0 Å². The summed E-state index contributed by atoms with van der Waals surface area (Å²) in [6.07, 6.45) is 1.65. The fraction of sp³-hybridized carbons (Fsp3) is 0.875. The molecule has 0 aromatic rings. The molecule has 0 saturated carbocycles. The Morgan fingerprint density at radius 3 is 2.36 bits per heavy atom. The summed E-state index contributed by atoms with van der Waals surface area (Å²) in [6.45, 7) is 4.75. The van der Waals surface area contributed by atoms with Gasteiger partial charge in [-0.25, -0.2) is 0 Å². The van der Waals surface area contributed by atoms with Gasteiger partial charge in [-0.1, -0.05) is 20.3 Å². The molecular weight excluding hydrogens is 142 g/mol. The lowest BCUT2D eigenvalue weighted by molar-refractivity contribution is -0.142. The number of nitrogens with zero attached hydrogens (tertiary/aromatic N) is 1. The molecule has 1 atom stereocenters. The van der Waals surface area contributed by atoms with Crippen LogP contribution in [0.5, 0.6) is 0 Å². The topological polar surface area (TPSA) is 40.5 Å². The molecule has 3 nitrogen and oxygen atoms in total. The van der Waals surface area contributed by atoms with Crippen LogP contribution >= 0.6 is 0 Å². The summed E-state index contributed by atoms with van der Waals surface area (Å²) in [7, 11) is 1.84. The van der Waals surface area contributed by atoms with Gasteiger partial charge in [-0.3, -0.25) is 9.69 Å². The van der Waals surface area contributed by atoms with Crippen molar-refractivity contribution in [2.45, 2.75) is 32.7 Å². The Balaban J connectivity index is 3.97. The minimum Gasteiger partial charge on any atom is -0.480 e. The fourth-order valence-corrected chi connectivity index (χ4v) is 1.03. The Bertz CT molecular complexity index is 125. The quantitative estimate of drug-likeness (QED) is 0.655. The molecule has 0 rings (SSSR count). The second-order valence-electron chi connectivity index (χ2n) is 2.72. The molecule has 66 valence electrons. The number of likely N-dealkylation sites (N-methyl/N-ethyl adjacent to an activating group) is 1. The van der Waals surface area contributed by atoms with Gasteiger partial charge in [-0.15, -0.1) is 0 Å². The molecule has 0 radical (unpaired) electrons. The van der Waals surface area contributed by atoms with Crippen LogP contribution in [0.1, 0.15) is 26.7 Å². The van der Waals surface area contributed by atoms with Gasteiger partial charge in [0.2, 0.25) is 0 Å². The number of hydrogen-bond donors (Lipinski definition) is 1. The Morgan fingerprint density at radius 2 is 2.09 bits per heavy atom. The van der Waals surface area contributed by atoms with Gasteiger partial charge >= 0.3 is 5.97 Å². The third-order valence-corrected chi connectivity index (χ3v) is 1.88. The summed E-state index contributed by atoms with van der Waals surface area (Å²) in [5, 5.41) is 8.76. The number of rotatable bonds is 5. The maximum atomic E-state index is 10.6. The molecule has 0 aromatic carbocycles. The van der Waals surface area contributed by atoms with Gasteiger partial charge in [0.25, 0.3) is 0 Å². The summed E-state index contributed by atoms with van der Waals surface area (Å²) in [4.78, 5) is 12.5. The average molecular weight is 159 g/mol. The molecule has 0 aliphatic carbocycles. The van der Waals surface area contributed by atoms with Crippen molar-refractivity contribution >= 4 is 5.97 Å². The summed E-state index contributed by atoms with van der Waals surface area (Å²) in [5.74, 6) is -0.712. The lowest BCUT2D eigenvalue weighted by Gasteiger charge is -2.22.